The summed E-state index contributed by atoms with van der Waals surface area (Å²) in [6, 6.07) is 6.08. The highest BCUT2D eigenvalue weighted by molar-refractivity contribution is 5.27. The monoisotopic (exact) mass is 344 g/mol. The molecule has 0 heterocycles. The average Bonchev–Trinajstić information content (AvgIpc) is 2.65. The van der Waals surface area contributed by atoms with Crippen molar-refractivity contribution in [3.05, 3.63) is 35.1 Å². The van der Waals surface area contributed by atoms with Crippen LogP contribution in [-0.2, 0) is 6.42 Å². The zero-order chi connectivity index (χ0) is 17.6. The molecule has 2 aliphatic rings. The molecule has 0 aromatic heterocycles. The molecular weight excluding hydrogens is 307 g/mol. The summed E-state index contributed by atoms with van der Waals surface area (Å²) in [6.45, 7) is 4.44. The molecule has 3 rings (SSSR count). The van der Waals surface area contributed by atoms with E-state index in [1.165, 1.54) is 69.8 Å². The molecule has 0 spiro atoms. The number of rotatable bonds is 6. The van der Waals surface area contributed by atoms with Crippen LogP contribution < -0.4 is 0 Å². The standard InChI is InChI=1S/C24H37F/c1-3-5-18-7-9-19(10-8-18)20-11-13-21(14-12-20)23-16-15-22(6-4-2)24(25)17-23/h15-21H,3-14H2,1-2H3/t18-,19-,20?,21?. The molecule has 0 nitrogen and oxygen atoms in total. The van der Waals surface area contributed by atoms with Gasteiger partial charge in [0, 0.05) is 0 Å². The topological polar surface area (TPSA) is 0 Å². The van der Waals surface area contributed by atoms with E-state index in [9.17, 15) is 4.39 Å². The van der Waals surface area contributed by atoms with E-state index in [1.54, 1.807) is 0 Å². The summed E-state index contributed by atoms with van der Waals surface area (Å²) in [5.74, 6) is 3.57. The van der Waals surface area contributed by atoms with Gasteiger partial charge in [0.05, 0.1) is 0 Å². The Balaban J connectivity index is 1.50. The Morgan fingerprint density at radius 1 is 0.840 bits per heavy atom. The van der Waals surface area contributed by atoms with Crippen molar-refractivity contribution in [2.24, 2.45) is 17.8 Å². The molecule has 1 heteroatoms. The number of hydrogen-bond donors (Lipinski definition) is 0. The largest absolute Gasteiger partial charge is 0.207 e. The van der Waals surface area contributed by atoms with Crippen LogP contribution in [0.2, 0.25) is 0 Å². The van der Waals surface area contributed by atoms with E-state index in [1.807, 2.05) is 12.1 Å². The molecule has 0 N–H and O–H groups in total. The fourth-order valence-corrected chi connectivity index (χ4v) is 5.57. The van der Waals surface area contributed by atoms with Gasteiger partial charge in [-0.15, -0.1) is 0 Å². The van der Waals surface area contributed by atoms with Crippen LogP contribution in [0.15, 0.2) is 18.2 Å². The van der Waals surface area contributed by atoms with Crippen molar-refractivity contribution in [3.8, 4) is 0 Å². The van der Waals surface area contributed by atoms with Crippen molar-refractivity contribution in [2.75, 3.05) is 0 Å². The van der Waals surface area contributed by atoms with Crippen molar-refractivity contribution in [1.82, 2.24) is 0 Å². The van der Waals surface area contributed by atoms with Gasteiger partial charge in [0.25, 0.3) is 0 Å². The third-order valence-corrected chi connectivity index (χ3v) is 7.09. The molecule has 2 fully saturated rings. The lowest BCUT2D eigenvalue weighted by atomic mass is 9.68. The quantitative estimate of drug-likeness (QED) is 0.497. The SMILES string of the molecule is CCCc1ccc(C2CCC([C@H]3CC[C@H](CCC)CC3)CC2)cc1F. The van der Waals surface area contributed by atoms with Crippen LogP contribution in [0.1, 0.15) is 102 Å². The summed E-state index contributed by atoms with van der Waals surface area (Å²) in [7, 11) is 0. The van der Waals surface area contributed by atoms with Crippen molar-refractivity contribution in [3.63, 3.8) is 0 Å². The van der Waals surface area contributed by atoms with E-state index < -0.39 is 0 Å². The van der Waals surface area contributed by atoms with Gasteiger partial charge in [0.1, 0.15) is 5.82 Å². The number of hydrogen-bond acceptors (Lipinski definition) is 0. The summed E-state index contributed by atoms with van der Waals surface area (Å²) in [5.41, 5.74) is 2.14. The third-order valence-electron chi connectivity index (χ3n) is 7.09. The van der Waals surface area contributed by atoms with Gasteiger partial charge in [-0.25, -0.2) is 4.39 Å². The van der Waals surface area contributed by atoms with E-state index in [-0.39, 0.29) is 5.82 Å². The first-order chi connectivity index (χ1) is 12.2. The van der Waals surface area contributed by atoms with Crippen LogP contribution in [0, 0.1) is 23.6 Å². The maximum Gasteiger partial charge on any atom is 0.126 e. The molecule has 0 unspecified atom stereocenters. The Morgan fingerprint density at radius 2 is 1.48 bits per heavy atom. The summed E-state index contributed by atoms with van der Waals surface area (Å²) in [5, 5.41) is 0. The smallest absolute Gasteiger partial charge is 0.126 e. The summed E-state index contributed by atoms with van der Waals surface area (Å²) < 4.78 is 14.3. The van der Waals surface area contributed by atoms with Gasteiger partial charge in [-0.1, -0.05) is 58.1 Å². The number of halogens is 1. The molecule has 0 radical (unpaired) electrons. The Hall–Kier alpha value is -0.850. The lowest BCUT2D eigenvalue weighted by Crippen LogP contribution is -2.25. The predicted octanol–water partition coefficient (Wildman–Crippen LogP) is 7.66. The van der Waals surface area contributed by atoms with Gasteiger partial charge in [-0.3, -0.25) is 0 Å². The molecule has 0 atom stereocenters. The normalized spacial score (nSPS) is 30.4. The Kier molecular flexibility index (Phi) is 6.96. The summed E-state index contributed by atoms with van der Waals surface area (Å²) in [6.07, 6.45) is 15.8. The maximum atomic E-state index is 14.3. The van der Waals surface area contributed by atoms with Crippen LogP contribution in [0.3, 0.4) is 0 Å². The lowest BCUT2D eigenvalue weighted by molar-refractivity contribution is 0.156. The van der Waals surface area contributed by atoms with E-state index >= 15 is 0 Å². The zero-order valence-corrected chi connectivity index (χ0v) is 16.4. The maximum absolute atomic E-state index is 14.3. The van der Waals surface area contributed by atoms with Gasteiger partial charge in [0.15, 0.2) is 0 Å². The minimum absolute atomic E-state index is 0.0238. The van der Waals surface area contributed by atoms with Crippen molar-refractivity contribution < 1.29 is 4.39 Å². The van der Waals surface area contributed by atoms with Crippen LogP contribution in [0.5, 0.6) is 0 Å². The Labute approximate surface area is 154 Å². The van der Waals surface area contributed by atoms with Gasteiger partial charge in [0.2, 0.25) is 0 Å². The molecule has 0 aliphatic heterocycles. The minimum Gasteiger partial charge on any atom is -0.207 e. The van der Waals surface area contributed by atoms with Crippen LogP contribution in [0.25, 0.3) is 0 Å². The number of benzene rings is 1. The molecular formula is C24H37F. The summed E-state index contributed by atoms with van der Waals surface area (Å²) >= 11 is 0. The molecule has 140 valence electrons. The lowest BCUT2D eigenvalue weighted by Gasteiger charge is -2.38. The molecule has 0 amide bonds. The molecule has 2 saturated carbocycles. The molecule has 1 aromatic rings. The van der Waals surface area contributed by atoms with Gasteiger partial charge >= 0.3 is 0 Å². The molecule has 1 aromatic carbocycles. The van der Waals surface area contributed by atoms with Gasteiger partial charge in [-0.05, 0) is 85.8 Å². The summed E-state index contributed by atoms with van der Waals surface area (Å²) in [4.78, 5) is 0. The molecule has 0 saturated heterocycles. The number of aryl methyl sites for hydroxylation is 1. The second-order valence-corrected chi connectivity index (χ2v) is 8.78. The predicted molar refractivity (Wildman–Crippen MR) is 105 cm³/mol. The second-order valence-electron chi connectivity index (χ2n) is 8.78. The zero-order valence-electron chi connectivity index (χ0n) is 16.4. The fraction of sp³-hybridized carbons (Fsp3) is 0.750. The highest BCUT2D eigenvalue weighted by Gasteiger charge is 2.31. The van der Waals surface area contributed by atoms with Gasteiger partial charge < -0.3 is 0 Å². The molecule has 25 heavy (non-hydrogen) atoms. The van der Waals surface area contributed by atoms with E-state index in [0.29, 0.717) is 5.92 Å². The van der Waals surface area contributed by atoms with Gasteiger partial charge in [-0.2, -0.15) is 0 Å². The molecule has 0 bridgehead atoms. The second kappa shape index (κ2) is 9.19. The third kappa shape index (κ3) is 4.86. The average molecular weight is 345 g/mol. The minimum atomic E-state index is 0.0238. The highest BCUT2D eigenvalue weighted by atomic mass is 19.1. The fourth-order valence-electron chi connectivity index (χ4n) is 5.57. The van der Waals surface area contributed by atoms with Crippen LogP contribution >= 0.6 is 0 Å². The Bertz CT molecular complexity index is 519. The van der Waals surface area contributed by atoms with E-state index in [0.717, 1.165) is 36.2 Å². The van der Waals surface area contributed by atoms with E-state index in [4.69, 9.17) is 0 Å². The highest BCUT2D eigenvalue weighted by Crippen LogP contribution is 2.44. The molecule has 2 aliphatic carbocycles. The van der Waals surface area contributed by atoms with Crippen molar-refractivity contribution in [2.45, 2.75) is 96.8 Å². The Morgan fingerprint density at radius 3 is 2.04 bits per heavy atom. The van der Waals surface area contributed by atoms with Crippen molar-refractivity contribution >= 4 is 0 Å². The van der Waals surface area contributed by atoms with Crippen molar-refractivity contribution in [1.29, 1.82) is 0 Å². The van der Waals surface area contributed by atoms with Crippen LogP contribution in [0.4, 0.5) is 4.39 Å². The van der Waals surface area contributed by atoms with E-state index in [2.05, 4.69) is 19.9 Å². The van der Waals surface area contributed by atoms with Crippen LogP contribution in [-0.4, -0.2) is 0 Å². The first-order valence-electron chi connectivity index (χ1n) is 11.0. The first-order valence-corrected chi connectivity index (χ1v) is 11.0. The first kappa shape index (κ1) is 18.9.